The summed E-state index contributed by atoms with van der Waals surface area (Å²) < 4.78 is 0. The number of hydrogen-bond acceptors (Lipinski definition) is 2. The molecule has 0 aromatic rings. The van der Waals surface area contributed by atoms with Gasteiger partial charge >= 0.3 is 0 Å². The molecule has 0 radical (unpaired) electrons. The van der Waals surface area contributed by atoms with E-state index in [1.165, 1.54) is 0 Å². The van der Waals surface area contributed by atoms with E-state index in [0.717, 1.165) is 13.1 Å². The third-order valence-electron chi connectivity index (χ3n) is 3.69. The molecule has 20 heavy (non-hydrogen) atoms. The van der Waals surface area contributed by atoms with Gasteiger partial charge in [-0.05, 0) is 20.3 Å². The quantitative estimate of drug-likeness (QED) is 0.752. The van der Waals surface area contributed by atoms with Gasteiger partial charge in [-0.3, -0.25) is 9.59 Å². The molecule has 0 aliphatic rings. The van der Waals surface area contributed by atoms with E-state index in [1.807, 2.05) is 60.4 Å². The lowest BCUT2D eigenvalue weighted by Crippen LogP contribution is -2.44. The zero-order chi connectivity index (χ0) is 16.1. The smallest absolute Gasteiger partial charge is 0.228 e. The van der Waals surface area contributed by atoms with Crippen LogP contribution in [0.5, 0.6) is 0 Å². The first-order valence-electron chi connectivity index (χ1n) is 7.52. The molecule has 0 N–H and O–H groups in total. The topological polar surface area (TPSA) is 40.6 Å². The second-order valence-electron chi connectivity index (χ2n) is 7.09. The van der Waals surface area contributed by atoms with Crippen molar-refractivity contribution in [1.29, 1.82) is 0 Å². The average Bonchev–Trinajstić information content (AvgIpc) is 2.35. The fourth-order valence-electron chi connectivity index (χ4n) is 2.17. The lowest BCUT2D eigenvalue weighted by atomic mass is 9.86. The van der Waals surface area contributed by atoms with E-state index in [4.69, 9.17) is 0 Å². The van der Waals surface area contributed by atoms with Crippen molar-refractivity contribution >= 4 is 11.8 Å². The molecule has 0 bridgehead atoms. The van der Waals surface area contributed by atoms with Crippen molar-refractivity contribution < 1.29 is 9.59 Å². The van der Waals surface area contributed by atoms with Gasteiger partial charge in [0.15, 0.2) is 0 Å². The second-order valence-corrected chi connectivity index (χ2v) is 7.09. The number of nitrogens with zero attached hydrogens (tertiary/aromatic N) is 2. The van der Waals surface area contributed by atoms with Gasteiger partial charge in [0.05, 0.1) is 0 Å². The lowest BCUT2D eigenvalue weighted by Gasteiger charge is -2.33. The van der Waals surface area contributed by atoms with Crippen molar-refractivity contribution in [2.24, 2.45) is 10.8 Å². The first-order chi connectivity index (χ1) is 8.97. The molecule has 0 unspecified atom stereocenters. The molecule has 4 nitrogen and oxygen atoms in total. The molecule has 118 valence electrons. The maximum absolute atomic E-state index is 12.4. The van der Waals surface area contributed by atoms with Crippen molar-refractivity contribution in [1.82, 2.24) is 9.80 Å². The van der Waals surface area contributed by atoms with Gasteiger partial charge < -0.3 is 9.80 Å². The minimum absolute atomic E-state index is 0.114. The number of hydrogen-bond donors (Lipinski definition) is 0. The normalized spacial score (nSPS) is 12.2. The Morgan fingerprint density at radius 1 is 0.900 bits per heavy atom. The summed E-state index contributed by atoms with van der Waals surface area (Å²) >= 11 is 0. The summed E-state index contributed by atoms with van der Waals surface area (Å²) in [7, 11) is 1.81. The molecule has 0 fully saturated rings. The Bertz CT molecular complexity index is 339. The molecule has 4 heteroatoms. The monoisotopic (exact) mass is 284 g/mol. The number of carbonyl (C=O) groups is 2. The highest BCUT2D eigenvalue weighted by Crippen LogP contribution is 2.25. The second kappa shape index (κ2) is 7.09. The van der Waals surface area contributed by atoms with E-state index < -0.39 is 5.41 Å². The fraction of sp³-hybridized carbons (Fsp3) is 0.875. The standard InChI is InChI=1S/C16H32N2O2/c1-9-18(10-2)14(20)16(6,7)11-12-17(8)13(19)15(3,4)5/h9-12H2,1-8H3. The maximum atomic E-state index is 12.4. The summed E-state index contributed by atoms with van der Waals surface area (Å²) in [5, 5.41) is 0. The Morgan fingerprint density at radius 2 is 1.35 bits per heavy atom. The minimum Gasteiger partial charge on any atom is -0.345 e. The highest BCUT2D eigenvalue weighted by molar-refractivity contribution is 5.83. The molecule has 0 spiro atoms. The van der Waals surface area contributed by atoms with E-state index in [-0.39, 0.29) is 17.2 Å². The first-order valence-corrected chi connectivity index (χ1v) is 7.52. The molecule has 0 aliphatic heterocycles. The minimum atomic E-state index is -0.432. The summed E-state index contributed by atoms with van der Waals surface area (Å²) in [6.07, 6.45) is 0.681. The van der Waals surface area contributed by atoms with Gasteiger partial charge in [-0.1, -0.05) is 34.6 Å². The first kappa shape index (κ1) is 18.9. The van der Waals surface area contributed by atoms with Crippen LogP contribution in [0.1, 0.15) is 54.9 Å². The largest absolute Gasteiger partial charge is 0.345 e. The van der Waals surface area contributed by atoms with Gasteiger partial charge in [-0.2, -0.15) is 0 Å². The summed E-state index contributed by atoms with van der Waals surface area (Å²) in [4.78, 5) is 28.1. The maximum Gasteiger partial charge on any atom is 0.228 e. The zero-order valence-corrected chi connectivity index (χ0v) is 14.5. The van der Waals surface area contributed by atoms with Gasteiger partial charge in [0.2, 0.25) is 11.8 Å². The molecule has 0 aromatic heterocycles. The van der Waals surface area contributed by atoms with Crippen LogP contribution in [0, 0.1) is 10.8 Å². The van der Waals surface area contributed by atoms with E-state index >= 15 is 0 Å². The molecular formula is C16H32N2O2. The number of rotatable bonds is 6. The van der Waals surface area contributed by atoms with Crippen molar-refractivity contribution in [2.45, 2.75) is 54.9 Å². The Morgan fingerprint density at radius 3 is 1.70 bits per heavy atom. The molecule has 0 rings (SSSR count). The Labute approximate surface area is 124 Å². The Balaban J connectivity index is 4.64. The summed E-state index contributed by atoms with van der Waals surface area (Å²) in [5.74, 6) is 0.280. The van der Waals surface area contributed by atoms with E-state index in [2.05, 4.69) is 0 Å². The Kier molecular flexibility index (Phi) is 6.72. The van der Waals surface area contributed by atoms with Crippen LogP contribution in [-0.2, 0) is 9.59 Å². The lowest BCUT2D eigenvalue weighted by molar-refractivity contribution is -0.143. The van der Waals surface area contributed by atoms with Crippen LogP contribution in [-0.4, -0.2) is 48.3 Å². The fourth-order valence-corrected chi connectivity index (χ4v) is 2.17. The van der Waals surface area contributed by atoms with Gasteiger partial charge in [0.25, 0.3) is 0 Å². The average molecular weight is 284 g/mol. The molecule has 0 saturated carbocycles. The number of carbonyl (C=O) groups excluding carboxylic acids is 2. The van der Waals surface area contributed by atoms with Crippen LogP contribution in [0.4, 0.5) is 0 Å². The van der Waals surface area contributed by atoms with Gasteiger partial charge in [0.1, 0.15) is 0 Å². The third kappa shape index (κ3) is 5.14. The SMILES string of the molecule is CCN(CC)C(=O)C(C)(C)CCN(C)C(=O)C(C)(C)C. The Hall–Kier alpha value is -1.06. The molecule has 0 atom stereocenters. The van der Waals surface area contributed by atoms with Crippen molar-refractivity contribution in [3.8, 4) is 0 Å². The van der Waals surface area contributed by atoms with Crippen molar-refractivity contribution in [2.75, 3.05) is 26.7 Å². The summed E-state index contributed by atoms with van der Waals surface area (Å²) in [6.45, 7) is 15.7. The van der Waals surface area contributed by atoms with E-state index in [0.29, 0.717) is 13.0 Å². The van der Waals surface area contributed by atoms with Crippen molar-refractivity contribution in [3.05, 3.63) is 0 Å². The van der Waals surface area contributed by atoms with Gasteiger partial charge in [-0.15, -0.1) is 0 Å². The van der Waals surface area contributed by atoms with Crippen molar-refractivity contribution in [3.63, 3.8) is 0 Å². The molecular weight excluding hydrogens is 252 g/mol. The summed E-state index contributed by atoms with van der Waals surface area (Å²) in [6, 6.07) is 0. The molecule has 2 amide bonds. The number of amides is 2. The molecule has 0 saturated heterocycles. The van der Waals surface area contributed by atoms with Gasteiger partial charge in [0, 0.05) is 37.5 Å². The highest BCUT2D eigenvalue weighted by atomic mass is 16.2. The highest BCUT2D eigenvalue weighted by Gasteiger charge is 2.32. The molecule has 0 aromatic carbocycles. The predicted octanol–water partition coefficient (Wildman–Crippen LogP) is 2.78. The van der Waals surface area contributed by atoms with E-state index in [9.17, 15) is 9.59 Å². The van der Waals surface area contributed by atoms with Crippen LogP contribution >= 0.6 is 0 Å². The molecule has 0 aliphatic carbocycles. The summed E-state index contributed by atoms with van der Waals surface area (Å²) in [5.41, 5.74) is -0.805. The van der Waals surface area contributed by atoms with Gasteiger partial charge in [-0.25, -0.2) is 0 Å². The predicted molar refractivity (Wildman–Crippen MR) is 83.4 cm³/mol. The molecule has 0 heterocycles. The van der Waals surface area contributed by atoms with Crippen LogP contribution in [0.25, 0.3) is 0 Å². The third-order valence-corrected chi connectivity index (χ3v) is 3.69. The van der Waals surface area contributed by atoms with E-state index in [1.54, 1.807) is 4.90 Å². The van der Waals surface area contributed by atoms with Crippen LogP contribution < -0.4 is 0 Å². The van der Waals surface area contributed by atoms with Crippen LogP contribution in [0.2, 0.25) is 0 Å². The van der Waals surface area contributed by atoms with Crippen LogP contribution in [0.3, 0.4) is 0 Å². The zero-order valence-electron chi connectivity index (χ0n) is 14.5. The van der Waals surface area contributed by atoms with Crippen LogP contribution in [0.15, 0.2) is 0 Å².